The number of carbonyl (C=O) groups excluding carboxylic acids is 2. The average molecular weight is 371 g/mol. The highest BCUT2D eigenvalue weighted by Gasteiger charge is 2.36. The number of allylic oxidation sites excluding steroid dienone is 8. The van der Waals surface area contributed by atoms with Crippen LogP contribution in [0, 0.1) is 24.0 Å². The van der Waals surface area contributed by atoms with E-state index in [9.17, 15) is 9.59 Å². The number of fused-ring (bicyclic) bond motifs is 1. The van der Waals surface area contributed by atoms with Gasteiger partial charge in [-0.05, 0) is 48.6 Å². The van der Waals surface area contributed by atoms with Crippen molar-refractivity contribution >= 4 is 11.7 Å². The first kappa shape index (κ1) is 18.2. The van der Waals surface area contributed by atoms with E-state index in [0.717, 1.165) is 24.1 Å². The van der Waals surface area contributed by atoms with Crippen molar-refractivity contribution in [2.45, 2.75) is 18.8 Å². The minimum atomic E-state index is -0.526. The van der Waals surface area contributed by atoms with Crippen molar-refractivity contribution in [2.24, 2.45) is 11.8 Å². The molecule has 0 spiro atoms. The van der Waals surface area contributed by atoms with Crippen molar-refractivity contribution in [1.82, 2.24) is 5.32 Å². The molecule has 1 amide bonds. The highest BCUT2D eigenvalue weighted by atomic mass is 16.2. The van der Waals surface area contributed by atoms with Crippen LogP contribution in [0.5, 0.6) is 0 Å². The summed E-state index contributed by atoms with van der Waals surface area (Å²) in [6.07, 6.45) is 17.9. The van der Waals surface area contributed by atoms with E-state index in [0.29, 0.717) is 12.1 Å². The number of quaternary nitrogens is 1. The van der Waals surface area contributed by atoms with E-state index in [1.807, 2.05) is 53.9 Å². The molecule has 0 fully saturated rings. The molecule has 28 heavy (non-hydrogen) atoms. The van der Waals surface area contributed by atoms with Crippen LogP contribution in [0.3, 0.4) is 0 Å². The van der Waals surface area contributed by atoms with Gasteiger partial charge in [-0.1, -0.05) is 48.6 Å². The molecule has 1 aromatic rings. The second-order valence-corrected chi connectivity index (χ2v) is 7.30. The lowest BCUT2D eigenvalue weighted by Crippen LogP contribution is -2.74. The van der Waals surface area contributed by atoms with Gasteiger partial charge in [0.05, 0.1) is 11.5 Å². The second-order valence-electron chi connectivity index (χ2n) is 7.30. The maximum Gasteiger partial charge on any atom is 0.292 e. The van der Waals surface area contributed by atoms with Crippen molar-refractivity contribution in [1.29, 1.82) is 0 Å². The Morgan fingerprint density at radius 3 is 2.86 bits per heavy atom. The van der Waals surface area contributed by atoms with Crippen LogP contribution < -0.4 is 10.6 Å². The lowest BCUT2D eigenvalue weighted by molar-refractivity contribution is -0.532. The van der Waals surface area contributed by atoms with E-state index in [1.165, 1.54) is 0 Å². The Bertz CT molecular complexity index is 906. The van der Waals surface area contributed by atoms with Crippen LogP contribution in [0.2, 0.25) is 0 Å². The van der Waals surface area contributed by atoms with E-state index in [1.54, 1.807) is 6.20 Å². The lowest BCUT2D eigenvalue weighted by atomic mass is 9.82. The summed E-state index contributed by atoms with van der Waals surface area (Å²) in [6.45, 7) is 0.412. The molecule has 0 aromatic heterocycles. The SMILES string of the molecule is O=C(NCC(c1cc#ccc1)C1C=CC=CC1)C(=O)C1=C[NH2+]C2=CC=CCC21. The molecule has 2 aliphatic carbocycles. The normalized spacial score (nSPS) is 23.3. The van der Waals surface area contributed by atoms with Gasteiger partial charge in [0, 0.05) is 12.5 Å². The topological polar surface area (TPSA) is 62.8 Å². The number of ketones is 1. The maximum atomic E-state index is 12.7. The number of nitrogens with two attached hydrogens (primary N) is 1. The number of amides is 1. The molecule has 4 heteroatoms. The van der Waals surface area contributed by atoms with Crippen molar-refractivity contribution in [3.63, 3.8) is 0 Å². The largest absolute Gasteiger partial charge is 0.349 e. The molecule has 140 valence electrons. The van der Waals surface area contributed by atoms with Gasteiger partial charge in [-0.3, -0.25) is 14.9 Å². The number of nitrogens with one attached hydrogen (secondary N) is 1. The Balaban J connectivity index is 1.43. The van der Waals surface area contributed by atoms with E-state index in [-0.39, 0.29) is 17.8 Å². The van der Waals surface area contributed by atoms with Gasteiger partial charge in [0.25, 0.3) is 11.7 Å². The molecule has 0 radical (unpaired) electrons. The minimum Gasteiger partial charge on any atom is -0.349 e. The lowest BCUT2D eigenvalue weighted by Gasteiger charge is -2.25. The van der Waals surface area contributed by atoms with E-state index < -0.39 is 11.7 Å². The van der Waals surface area contributed by atoms with Crippen LogP contribution >= 0.6 is 0 Å². The van der Waals surface area contributed by atoms with Crippen LogP contribution in [0.15, 0.2) is 78.2 Å². The highest BCUT2D eigenvalue weighted by molar-refractivity contribution is 6.42. The fourth-order valence-electron chi connectivity index (χ4n) is 4.08. The fourth-order valence-corrected chi connectivity index (χ4v) is 4.08. The van der Waals surface area contributed by atoms with Gasteiger partial charge < -0.3 is 5.32 Å². The molecule has 4 nitrogen and oxygen atoms in total. The molecule has 1 aromatic carbocycles. The molecule has 3 atom stereocenters. The fraction of sp³-hybridized carbons (Fsp3) is 0.250. The zero-order valence-corrected chi connectivity index (χ0v) is 15.6. The average Bonchev–Trinajstić information content (AvgIpc) is 3.19. The summed E-state index contributed by atoms with van der Waals surface area (Å²) in [5.41, 5.74) is 2.78. The first-order valence-corrected chi connectivity index (χ1v) is 9.69. The first-order valence-electron chi connectivity index (χ1n) is 9.69. The van der Waals surface area contributed by atoms with Crippen molar-refractivity contribution in [2.75, 3.05) is 6.54 Å². The second kappa shape index (κ2) is 8.24. The molecular formula is C24H23N2O2+. The molecular weight excluding hydrogens is 348 g/mol. The minimum absolute atomic E-state index is 0.0183. The van der Waals surface area contributed by atoms with Gasteiger partial charge >= 0.3 is 0 Å². The van der Waals surface area contributed by atoms with Crippen LogP contribution in [0.25, 0.3) is 0 Å². The van der Waals surface area contributed by atoms with Crippen molar-refractivity contribution < 1.29 is 14.9 Å². The number of hydrogen-bond acceptors (Lipinski definition) is 2. The quantitative estimate of drug-likeness (QED) is 0.753. The molecule has 1 aliphatic heterocycles. The summed E-state index contributed by atoms with van der Waals surface area (Å²) in [7, 11) is 0. The Hall–Kier alpha value is -3.16. The van der Waals surface area contributed by atoms with E-state index in [2.05, 4.69) is 29.6 Å². The van der Waals surface area contributed by atoms with E-state index >= 15 is 0 Å². The number of hydrogen-bond donors (Lipinski definition) is 2. The third kappa shape index (κ3) is 3.76. The Kier molecular flexibility index (Phi) is 5.36. The first-order chi connectivity index (χ1) is 13.7. The Morgan fingerprint density at radius 2 is 2.07 bits per heavy atom. The summed E-state index contributed by atoms with van der Waals surface area (Å²) in [4.78, 5) is 25.4. The predicted octanol–water partition coefficient (Wildman–Crippen LogP) is 2.11. The monoisotopic (exact) mass is 371 g/mol. The van der Waals surface area contributed by atoms with Crippen LogP contribution in [0.1, 0.15) is 24.3 Å². The predicted molar refractivity (Wildman–Crippen MR) is 107 cm³/mol. The summed E-state index contributed by atoms with van der Waals surface area (Å²) in [6, 6.07) is 11.7. The third-order valence-corrected chi connectivity index (χ3v) is 5.62. The van der Waals surface area contributed by atoms with Gasteiger partial charge in [-0.25, -0.2) is 0 Å². The Morgan fingerprint density at radius 1 is 1.18 bits per heavy atom. The Labute approximate surface area is 165 Å². The summed E-state index contributed by atoms with van der Waals surface area (Å²) in [5.74, 6) is -0.577. The maximum absolute atomic E-state index is 12.7. The molecule has 4 rings (SSSR count). The van der Waals surface area contributed by atoms with Crippen molar-refractivity contribution in [3.05, 3.63) is 95.9 Å². The zero-order chi connectivity index (χ0) is 19.3. The van der Waals surface area contributed by atoms with Gasteiger partial charge in [-0.2, -0.15) is 0 Å². The van der Waals surface area contributed by atoms with Gasteiger partial charge in [0.1, 0.15) is 11.9 Å². The smallest absolute Gasteiger partial charge is 0.292 e. The highest BCUT2D eigenvalue weighted by Crippen LogP contribution is 2.30. The van der Waals surface area contributed by atoms with Crippen LogP contribution in [0.4, 0.5) is 0 Å². The summed E-state index contributed by atoms with van der Waals surface area (Å²) >= 11 is 0. The van der Waals surface area contributed by atoms with E-state index in [4.69, 9.17) is 0 Å². The molecule has 0 bridgehead atoms. The third-order valence-electron chi connectivity index (χ3n) is 5.62. The summed E-state index contributed by atoms with van der Waals surface area (Å²) < 4.78 is 0. The van der Waals surface area contributed by atoms with Crippen molar-refractivity contribution in [3.8, 4) is 0 Å². The van der Waals surface area contributed by atoms with Gasteiger partial charge in [-0.15, -0.1) is 0 Å². The number of carbonyl (C=O) groups is 2. The summed E-state index contributed by atoms with van der Waals surface area (Å²) in [5, 5.41) is 4.83. The number of Topliss-reactive ketones (excluding diaryl/α,β-unsaturated/α-hetero) is 1. The van der Waals surface area contributed by atoms with Crippen LogP contribution in [-0.2, 0) is 9.59 Å². The molecule has 0 saturated carbocycles. The van der Waals surface area contributed by atoms with Gasteiger partial charge in [0.15, 0.2) is 0 Å². The van der Waals surface area contributed by atoms with Crippen LogP contribution in [-0.4, -0.2) is 18.2 Å². The molecule has 3 aliphatic rings. The molecule has 1 heterocycles. The zero-order valence-electron chi connectivity index (χ0n) is 15.6. The molecule has 0 saturated heterocycles. The van der Waals surface area contributed by atoms with Gasteiger partial charge in [0.2, 0.25) is 0 Å². The molecule has 3 unspecified atom stereocenters. The standard InChI is InChI=1S/C24H22N2O2/c27-23(21-16-25-22-14-8-7-13-19(21)22)24(28)26-15-20(17-9-3-1-4-10-17)18-11-5-2-6-12-18/h1,3-5,7-9,11-12,14,16-17,19-20,25H,10,13,15H2,(H,26,28)/p+1. The number of rotatable bonds is 6. The molecule has 3 N–H and O–H groups in total.